The minimum absolute atomic E-state index is 0.0336. The van der Waals surface area contributed by atoms with E-state index in [9.17, 15) is 4.79 Å². The monoisotopic (exact) mass is 186 g/mol. The number of epoxide rings is 1. The van der Waals surface area contributed by atoms with Crippen molar-refractivity contribution in [1.82, 2.24) is 0 Å². The van der Waals surface area contributed by atoms with Gasteiger partial charge < -0.3 is 14.6 Å². The van der Waals surface area contributed by atoms with E-state index in [1.54, 1.807) is 13.0 Å². The molecule has 74 valence electrons. The number of carbonyl (C=O) groups is 1. The SMILES string of the molecule is COC(=O)/C=C/[C@@H]1O[C@H]1C[C@@H](C)O. The lowest BCUT2D eigenvalue weighted by Gasteiger charge is -1.96. The summed E-state index contributed by atoms with van der Waals surface area (Å²) in [5.74, 6) is -0.383. The number of aliphatic hydroxyl groups is 1. The van der Waals surface area contributed by atoms with Gasteiger partial charge >= 0.3 is 5.97 Å². The number of methoxy groups -OCH3 is 1. The molecule has 0 radical (unpaired) electrons. The summed E-state index contributed by atoms with van der Waals surface area (Å²) >= 11 is 0. The average Bonchev–Trinajstić information content (AvgIpc) is 2.78. The van der Waals surface area contributed by atoms with Gasteiger partial charge in [-0.05, 0) is 13.0 Å². The predicted octanol–water partition coefficient (Wildman–Crippen LogP) is 0.254. The Kier molecular flexibility index (Phi) is 3.45. The van der Waals surface area contributed by atoms with Crippen LogP contribution in [0.4, 0.5) is 0 Å². The summed E-state index contributed by atoms with van der Waals surface area (Å²) in [4.78, 5) is 10.7. The van der Waals surface area contributed by atoms with Gasteiger partial charge in [-0.25, -0.2) is 4.79 Å². The Morgan fingerprint density at radius 2 is 2.46 bits per heavy atom. The summed E-state index contributed by atoms with van der Waals surface area (Å²) in [7, 11) is 1.33. The zero-order chi connectivity index (χ0) is 9.84. The number of aliphatic hydroxyl groups excluding tert-OH is 1. The number of ether oxygens (including phenoxy) is 2. The molecule has 1 fully saturated rings. The van der Waals surface area contributed by atoms with Crippen LogP contribution < -0.4 is 0 Å². The van der Waals surface area contributed by atoms with Crippen LogP contribution in [-0.2, 0) is 14.3 Å². The fourth-order valence-corrected chi connectivity index (χ4v) is 1.09. The van der Waals surface area contributed by atoms with E-state index in [1.807, 2.05) is 0 Å². The van der Waals surface area contributed by atoms with Crippen LogP contribution in [-0.4, -0.2) is 36.5 Å². The first-order valence-electron chi connectivity index (χ1n) is 4.23. The fourth-order valence-electron chi connectivity index (χ4n) is 1.09. The molecular formula is C9H14O4. The van der Waals surface area contributed by atoms with Crippen LogP contribution in [0, 0.1) is 0 Å². The normalized spacial score (nSPS) is 28.8. The Morgan fingerprint density at radius 1 is 1.77 bits per heavy atom. The van der Waals surface area contributed by atoms with Crippen molar-refractivity contribution >= 4 is 5.97 Å². The highest BCUT2D eigenvalue weighted by Gasteiger charge is 2.37. The molecule has 0 amide bonds. The number of rotatable bonds is 4. The molecule has 0 aromatic rings. The van der Waals surface area contributed by atoms with Gasteiger partial charge in [0.05, 0.1) is 19.3 Å². The molecule has 4 heteroatoms. The summed E-state index contributed by atoms with van der Waals surface area (Å²) in [6, 6.07) is 0. The van der Waals surface area contributed by atoms with Gasteiger partial charge in [0, 0.05) is 12.5 Å². The van der Waals surface area contributed by atoms with Crippen LogP contribution in [0.1, 0.15) is 13.3 Å². The molecule has 1 rings (SSSR count). The molecule has 0 aromatic carbocycles. The maximum Gasteiger partial charge on any atom is 0.330 e. The molecule has 0 spiro atoms. The van der Waals surface area contributed by atoms with E-state index in [0.717, 1.165) is 0 Å². The third-order valence-electron chi connectivity index (χ3n) is 1.82. The molecule has 4 nitrogen and oxygen atoms in total. The van der Waals surface area contributed by atoms with Crippen LogP contribution in [0.15, 0.2) is 12.2 Å². The van der Waals surface area contributed by atoms with Crippen LogP contribution in [0.2, 0.25) is 0 Å². The Morgan fingerprint density at radius 3 is 3.00 bits per heavy atom. The zero-order valence-corrected chi connectivity index (χ0v) is 7.77. The van der Waals surface area contributed by atoms with Gasteiger partial charge in [0.2, 0.25) is 0 Å². The van der Waals surface area contributed by atoms with E-state index in [2.05, 4.69) is 4.74 Å². The van der Waals surface area contributed by atoms with Gasteiger partial charge in [0.25, 0.3) is 0 Å². The second-order valence-electron chi connectivity index (χ2n) is 3.11. The molecule has 1 aliphatic heterocycles. The molecule has 1 heterocycles. The number of carbonyl (C=O) groups excluding carboxylic acids is 1. The summed E-state index contributed by atoms with van der Waals surface area (Å²) < 4.78 is 9.58. The second kappa shape index (κ2) is 4.39. The van der Waals surface area contributed by atoms with Crippen molar-refractivity contribution < 1.29 is 19.4 Å². The molecule has 0 unspecified atom stereocenters. The number of hydrogen-bond acceptors (Lipinski definition) is 4. The van der Waals surface area contributed by atoms with Crippen molar-refractivity contribution in [1.29, 1.82) is 0 Å². The minimum Gasteiger partial charge on any atom is -0.466 e. The third kappa shape index (κ3) is 3.57. The standard InChI is InChI=1S/C9H14O4/c1-6(10)5-8-7(13-8)3-4-9(11)12-2/h3-4,6-8,10H,5H2,1-2H3/b4-3+/t6-,7+,8+/m1/s1. The Balaban J connectivity index is 2.20. The van der Waals surface area contributed by atoms with Crippen molar-refractivity contribution in [2.75, 3.05) is 7.11 Å². The van der Waals surface area contributed by atoms with Crippen molar-refractivity contribution in [3.63, 3.8) is 0 Å². The quantitative estimate of drug-likeness (QED) is 0.388. The lowest BCUT2D eigenvalue weighted by Crippen LogP contribution is -2.05. The first-order chi connectivity index (χ1) is 6.13. The molecule has 0 saturated carbocycles. The van der Waals surface area contributed by atoms with Gasteiger partial charge in [-0.2, -0.15) is 0 Å². The summed E-state index contributed by atoms with van der Waals surface area (Å²) in [6.45, 7) is 1.71. The largest absolute Gasteiger partial charge is 0.466 e. The Hall–Kier alpha value is -0.870. The molecular weight excluding hydrogens is 172 g/mol. The lowest BCUT2D eigenvalue weighted by atomic mass is 10.2. The summed E-state index contributed by atoms with van der Waals surface area (Å²) in [5, 5.41) is 9.01. The smallest absolute Gasteiger partial charge is 0.330 e. The van der Waals surface area contributed by atoms with Gasteiger partial charge in [-0.15, -0.1) is 0 Å². The molecule has 1 aliphatic rings. The first kappa shape index (κ1) is 10.2. The van der Waals surface area contributed by atoms with Crippen molar-refractivity contribution in [3.05, 3.63) is 12.2 Å². The van der Waals surface area contributed by atoms with Crippen LogP contribution in [0.25, 0.3) is 0 Å². The van der Waals surface area contributed by atoms with E-state index < -0.39 is 0 Å². The van der Waals surface area contributed by atoms with E-state index in [1.165, 1.54) is 13.2 Å². The van der Waals surface area contributed by atoms with E-state index >= 15 is 0 Å². The van der Waals surface area contributed by atoms with Gasteiger partial charge in [-0.3, -0.25) is 0 Å². The van der Waals surface area contributed by atoms with Crippen LogP contribution in [0.3, 0.4) is 0 Å². The Bertz CT molecular complexity index is 210. The summed E-state index contributed by atoms with van der Waals surface area (Å²) in [6.07, 6.45) is 3.26. The molecule has 1 N–H and O–H groups in total. The van der Waals surface area contributed by atoms with E-state index in [0.29, 0.717) is 6.42 Å². The predicted molar refractivity (Wildman–Crippen MR) is 46.1 cm³/mol. The minimum atomic E-state index is -0.383. The first-order valence-corrected chi connectivity index (χ1v) is 4.23. The topological polar surface area (TPSA) is 59.1 Å². The lowest BCUT2D eigenvalue weighted by molar-refractivity contribution is -0.134. The maximum atomic E-state index is 10.7. The van der Waals surface area contributed by atoms with Crippen molar-refractivity contribution in [3.8, 4) is 0 Å². The third-order valence-corrected chi connectivity index (χ3v) is 1.82. The number of hydrogen-bond donors (Lipinski definition) is 1. The maximum absolute atomic E-state index is 10.7. The highest BCUT2D eigenvalue weighted by atomic mass is 16.6. The van der Waals surface area contributed by atoms with Gasteiger partial charge in [-0.1, -0.05) is 0 Å². The molecule has 3 atom stereocenters. The molecule has 1 saturated heterocycles. The highest BCUT2D eigenvalue weighted by molar-refractivity contribution is 5.81. The summed E-state index contributed by atoms with van der Waals surface area (Å²) in [5.41, 5.74) is 0. The van der Waals surface area contributed by atoms with Gasteiger partial charge in [0.15, 0.2) is 0 Å². The van der Waals surface area contributed by atoms with E-state index in [4.69, 9.17) is 9.84 Å². The van der Waals surface area contributed by atoms with Crippen LogP contribution >= 0.6 is 0 Å². The van der Waals surface area contributed by atoms with E-state index in [-0.39, 0.29) is 24.3 Å². The Labute approximate surface area is 77.1 Å². The number of esters is 1. The molecule has 0 aliphatic carbocycles. The van der Waals surface area contributed by atoms with Crippen molar-refractivity contribution in [2.45, 2.75) is 31.7 Å². The fraction of sp³-hybridized carbons (Fsp3) is 0.667. The molecule has 0 aromatic heterocycles. The highest BCUT2D eigenvalue weighted by Crippen LogP contribution is 2.27. The second-order valence-corrected chi connectivity index (χ2v) is 3.11. The zero-order valence-electron chi connectivity index (χ0n) is 7.77. The molecule has 13 heavy (non-hydrogen) atoms. The van der Waals surface area contributed by atoms with Gasteiger partial charge in [0.1, 0.15) is 6.10 Å². The average molecular weight is 186 g/mol. The van der Waals surface area contributed by atoms with Crippen molar-refractivity contribution in [2.24, 2.45) is 0 Å². The van der Waals surface area contributed by atoms with Crippen LogP contribution in [0.5, 0.6) is 0 Å². The molecule has 0 bridgehead atoms.